The molecular formula is C22H28N4O2. The number of aryl methyl sites for hydroxylation is 1. The Hall–Kier alpha value is -2.86. The second-order valence-electron chi connectivity index (χ2n) is 6.84. The molecule has 0 bridgehead atoms. The van der Waals surface area contributed by atoms with Gasteiger partial charge in [-0.05, 0) is 35.7 Å². The minimum absolute atomic E-state index is 0.0420. The molecule has 1 aliphatic heterocycles. The zero-order valence-electron chi connectivity index (χ0n) is 16.7. The van der Waals surface area contributed by atoms with Crippen LogP contribution in [0.1, 0.15) is 33.2 Å². The first-order valence-corrected chi connectivity index (χ1v) is 9.56. The molecule has 1 atom stereocenters. The zero-order chi connectivity index (χ0) is 19.9. The number of morpholine rings is 1. The largest absolute Gasteiger partial charge is 0.370 e. The van der Waals surface area contributed by atoms with Crippen LogP contribution in [0.5, 0.6) is 0 Å². The van der Waals surface area contributed by atoms with Gasteiger partial charge in [0.05, 0.1) is 13.2 Å². The molecule has 0 aliphatic carbocycles. The summed E-state index contributed by atoms with van der Waals surface area (Å²) in [5.74, 6) is 0.781. The molecule has 0 spiro atoms. The Kier molecular flexibility index (Phi) is 6.66. The van der Waals surface area contributed by atoms with E-state index in [2.05, 4.69) is 51.7 Å². The Labute approximate surface area is 166 Å². The van der Waals surface area contributed by atoms with Gasteiger partial charge < -0.3 is 20.3 Å². The minimum Gasteiger partial charge on any atom is -0.370 e. The Morgan fingerprint density at radius 1 is 1.21 bits per heavy atom. The quantitative estimate of drug-likeness (QED) is 0.632. The first-order valence-electron chi connectivity index (χ1n) is 9.56. The Balaban J connectivity index is 1.62. The molecule has 1 heterocycles. The summed E-state index contributed by atoms with van der Waals surface area (Å²) >= 11 is 0. The van der Waals surface area contributed by atoms with Crippen molar-refractivity contribution in [3.8, 4) is 0 Å². The fourth-order valence-electron chi connectivity index (χ4n) is 3.41. The van der Waals surface area contributed by atoms with Crippen molar-refractivity contribution >= 4 is 11.9 Å². The first kappa shape index (κ1) is 19.9. The van der Waals surface area contributed by atoms with Crippen LogP contribution in [-0.2, 0) is 11.3 Å². The summed E-state index contributed by atoms with van der Waals surface area (Å²) in [6, 6.07) is 15.9. The Morgan fingerprint density at radius 2 is 1.96 bits per heavy atom. The lowest BCUT2D eigenvalue weighted by Crippen LogP contribution is -2.48. The van der Waals surface area contributed by atoms with E-state index in [1.54, 1.807) is 14.1 Å². The molecule has 1 unspecified atom stereocenters. The standard InChI is InChI=1S/C22H28N4O2/c1-16-6-4-5-7-19(16)20-15-26(12-13-28-20)22(24-3)25-14-17-8-10-18(11-9-17)21(27)23-2/h4-11,20H,12-15H2,1-3H3,(H,23,27)(H,24,25). The molecule has 2 aromatic rings. The second kappa shape index (κ2) is 9.37. The lowest BCUT2D eigenvalue weighted by molar-refractivity contribution is -0.00833. The highest BCUT2D eigenvalue weighted by atomic mass is 16.5. The summed E-state index contributed by atoms with van der Waals surface area (Å²) in [6.45, 7) is 5.00. The lowest BCUT2D eigenvalue weighted by atomic mass is 10.0. The topological polar surface area (TPSA) is 66.0 Å². The molecule has 0 saturated carbocycles. The number of carbonyl (C=O) groups is 1. The minimum atomic E-state index is -0.0779. The molecule has 2 N–H and O–H groups in total. The fraction of sp³-hybridized carbons (Fsp3) is 0.364. The molecule has 0 radical (unpaired) electrons. The SMILES string of the molecule is CN=C(NCc1ccc(C(=O)NC)cc1)N1CCOC(c2ccccc2C)C1. The number of rotatable bonds is 4. The molecule has 1 fully saturated rings. The van der Waals surface area contributed by atoms with Crippen molar-refractivity contribution in [2.24, 2.45) is 4.99 Å². The highest BCUT2D eigenvalue weighted by Crippen LogP contribution is 2.25. The van der Waals surface area contributed by atoms with Gasteiger partial charge in [0.15, 0.2) is 5.96 Å². The van der Waals surface area contributed by atoms with Crippen LogP contribution >= 0.6 is 0 Å². The Morgan fingerprint density at radius 3 is 2.64 bits per heavy atom. The van der Waals surface area contributed by atoms with Crippen LogP contribution in [0, 0.1) is 6.92 Å². The first-order chi connectivity index (χ1) is 13.6. The predicted molar refractivity (Wildman–Crippen MR) is 111 cm³/mol. The lowest BCUT2D eigenvalue weighted by Gasteiger charge is -2.35. The number of ether oxygens (including phenoxy) is 1. The predicted octanol–water partition coefficient (Wildman–Crippen LogP) is 2.50. The number of nitrogens with one attached hydrogen (secondary N) is 2. The van der Waals surface area contributed by atoms with E-state index < -0.39 is 0 Å². The average molecular weight is 380 g/mol. The van der Waals surface area contributed by atoms with E-state index in [-0.39, 0.29) is 12.0 Å². The van der Waals surface area contributed by atoms with Gasteiger partial charge in [0.2, 0.25) is 0 Å². The van der Waals surface area contributed by atoms with Crippen molar-refractivity contribution in [3.05, 3.63) is 70.8 Å². The van der Waals surface area contributed by atoms with Gasteiger partial charge in [-0.25, -0.2) is 0 Å². The fourth-order valence-corrected chi connectivity index (χ4v) is 3.41. The third-order valence-corrected chi connectivity index (χ3v) is 5.01. The van der Waals surface area contributed by atoms with Gasteiger partial charge in [-0.1, -0.05) is 36.4 Å². The van der Waals surface area contributed by atoms with Crippen molar-refractivity contribution in [1.82, 2.24) is 15.5 Å². The molecule has 1 aliphatic rings. The summed E-state index contributed by atoms with van der Waals surface area (Å²) in [4.78, 5) is 18.3. The van der Waals surface area contributed by atoms with E-state index in [9.17, 15) is 4.79 Å². The third kappa shape index (κ3) is 4.70. The summed E-state index contributed by atoms with van der Waals surface area (Å²) in [7, 11) is 3.43. The number of nitrogens with zero attached hydrogens (tertiary/aromatic N) is 2. The third-order valence-electron chi connectivity index (χ3n) is 5.01. The number of guanidine groups is 1. The van der Waals surface area contributed by atoms with Gasteiger partial charge in [-0.2, -0.15) is 0 Å². The maximum atomic E-state index is 11.7. The van der Waals surface area contributed by atoms with Gasteiger partial charge in [-0.3, -0.25) is 9.79 Å². The molecule has 1 amide bonds. The normalized spacial score (nSPS) is 17.3. The molecular weight excluding hydrogens is 352 g/mol. The van der Waals surface area contributed by atoms with Gasteiger partial charge in [0.1, 0.15) is 6.10 Å². The van der Waals surface area contributed by atoms with Crippen molar-refractivity contribution in [3.63, 3.8) is 0 Å². The molecule has 28 heavy (non-hydrogen) atoms. The van der Waals surface area contributed by atoms with E-state index >= 15 is 0 Å². The number of hydrogen-bond donors (Lipinski definition) is 2. The highest BCUT2D eigenvalue weighted by molar-refractivity contribution is 5.93. The summed E-state index contributed by atoms with van der Waals surface area (Å²) in [5.41, 5.74) is 4.23. The average Bonchev–Trinajstić information content (AvgIpc) is 2.74. The van der Waals surface area contributed by atoms with Gasteiger partial charge >= 0.3 is 0 Å². The van der Waals surface area contributed by atoms with Crippen LogP contribution in [-0.4, -0.2) is 50.6 Å². The molecule has 2 aromatic carbocycles. The molecule has 3 rings (SSSR count). The van der Waals surface area contributed by atoms with E-state index in [4.69, 9.17) is 4.74 Å². The maximum Gasteiger partial charge on any atom is 0.251 e. The number of aliphatic imine (C=N–C) groups is 1. The molecule has 6 nitrogen and oxygen atoms in total. The maximum absolute atomic E-state index is 11.7. The smallest absolute Gasteiger partial charge is 0.251 e. The van der Waals surface area contributed by atoms with E-state index in [1.807, 2.05) is 24.3 Å². The molecule has 148 valence electrons. The zero-order valence-corrected chi connectivity index (χ0v) is 16.7. The van der Waals surface area contributed by atoms with E-state index in [1.165, 1.54) is 11.1 Å². The monoisotopic (exact) mass is 380 g/mol. The second-order valence-corrected chi connectivity index (χ2v) is 6.84. The van der Waals surface area contributed by atoms with Crippen molar-refractivity contribution in [2.45, 2.75) is 19.6 Å². The number of hydrogen-bond acceptors (Lipinski definition) is 3. The van der Waals surface area contributed by atoms with Crippen molar-refractivity contribution < 1.29 is 9.53 Å². The van der Waals surface area contributed by atoms with Crippen molar-refractivity contribution in [1.29, 1.82) is 0 Å². The number of amides is 1. The summed E-state index contributed by atoms with van der Waals surface area (Å²) in [5, 5.41) is 6.06. The molecule has 6 heteroatoms. The van der Waals surface area contributed by atoms with Crippen LogP contribution in [0.25, 0.3) is 0 Å². The van der Waals surface area contributed by atoms with Crippen LogP contribution in [0.3, 0.4) is 0 Å². The van der Waals surface area contributed by atoms with E-state index in [0.717, 1.165) is 24.6 Å². The van der Waals surface area contributed by atoms with Crippen LogP contribution in [0.2, 0.25) is 0 Å². The van der Waals surface area contributed by atoms with Crippen LogP contribution in [0.4, 0.5) is 0 Å². The summed E-state index contributed by atoms with van der Waals surface area (Å²) in [6.07, 6.45) is 0.0420. The van der Waals surface area contributed by atoms with E-state index in [0.29, 0.717) is 18.7 Å². The van der Waals surface area contributed by atoms with Gasteiger partial charge in [-0.15, -0.1) is 0 Å². The van der Waals surface area contributed by atoms with Gasteiger partial charge in [0, 0.05) is 32.7 Å². The van der Waals surface area contributed by atoms with Crippen LogP contribution in [0.15, 0.2) is 53.5 Å². The Bertz CT molecular complexity index is 833. The van der Waals surface area contributed by atoms with Crippen molar-refractivity contribution in [2.75, 3.05) is 33.8 Å². The van der Waals surface area contributed by atoms with Crippen LogP contribution < -0.4 is 10.6 Å². The summed E-state index contributed by atoms with van der Waals surface area (Å²) < 4.78 is 6.02. The molecule has 1 saturated heterocycles. The van der Waals surface area contributed by atoms with Gasteiger partial charge in [0.25, 0.3) is 5.91 Å². The highest BCUT2D eigenvalue weighted by Gasteiger charge is 2.25. The number of benzene rings is 2. The molecule has 0 aromatic heterocycles. The number of carbonyl (C=O) groups excluding carboxylic acids is 1.